The summed E-state index contributed by atoms with van der Waals surface area (Å²) in [5, 5.41) is 4.10. The van der Waals surface area contributed by atoms with Crippen molar-refractivity contribution >= 4 is 46.5 Å². The maximum Gasteiger partial charge on any atom is 0.342 e. The molecule has 146 valence electrons. The molecule has 0 bridgehead atoms. The highest BCUT2D eigenvalue weighted by Crippen LogP contribution is 2.34. The highest BCUT2D eigenvalue weighted by atomic mass is 35.5. The van der Waals surface area contributed by atoms with E-state index in [1.54, 1.807) is 48.5 Å². The van der Waals surface area contributed by atoms with Crippen molar-refractivity contribution in [2.24, 2.45) is 0 Å². The summed E-state index contributed by atoms with van der Waals surface area (Å²) in [4.78, 5) is 24.4. The van der Waals surface area contributed by atoms with E-state index in [2.05, 4.69) is 5.32 Å². The zero-order valence-corrected chi connectivity index (χ0v) is 16.5. The Morgan fingerprint density at radius 2 is 1.66 bits per heavy atom. The molecular weight excluding hydrogens is 413 g/mol. The van der Waals surface area contributed by atoms with Crippen LogP contribution in [0.1, 0.15) is 27.8 Å². The lowest BCUT2D eigenvalue weighted by atomic mass is 10.1. The minimum atomic E-state index is -1.04. The molecule has 1 N–H and O–H groups in total. The van der Waals surface area contributed by atoms with Crippen molar-refractivity contribution in [3.05, 3.63) is 93.5 Å². The Balaban J connectivity index is 1.51. The third-order valence-electron chi connectivity index (χ3n) is 4.46. The quantitative estimate of drug-likeness (QED) is 0.529. The highest BCUT2D eigenvalue weighted by molar-refractivity contribution is 6.39. The van der Waals surface area contributed by atoms with Crippen molar-refractivity contribution in [2.75, 3.05) is 5.32 Å². The summed E-state index contributed by atoms with van der Waals surface area (Å²) >= 11 is 12.5. The van der Waals surface area contributed by atoms with E-state index in [0.29, 0.717) is 38.1 Å². The van der Waals surface area contributed by atoms with Gasteiger partial charge in [-0.15, -0.1) is 0 Å². The Labute approximate surface area is 177 Å². The number of anilines is 2. The molecule has 7 heteroatoms. The fraction of sp³-hybridized carbons (Fsp3) is 0.0909. The number of rotatable bonds is 5. The summed E-state index contributed by atoms with van der Waals surface area (Å²) in [6.45, 7) is 0. The molecule has 0 aromatic heterocycles. The predicted molar refractivity (Wildman–Crippen MR) is 111 cm³/mol. The third kappa shape index (κ3) is 4.06. The van der Waals surface area contributed by atoms with Crippen LogP contribution in [0.5, 0.6) is 0 Å². The summed E-state index contributed by atoms with van der Waals surface area (Å²) in [6.07, 6.45) is -1.06. The maximum absolute atomic E-state index is 12.5. The Hall–Kier alpha value is -3.02. The molecule has 0 spiro atoms. The molecule has 0 saturated heterocycles. The smallest absolute Gasteiger partial charge is 0.342 e. The molecule has 1 aliphatic heterocycles. The largest absolute Gasteiger partial charge is 0.420 e. The van der Waals surface area contributed by atoms with Crippen LogP contribution in [-0.2, 0) is 20.7 Å². The first-order valence-corrected chi connectivity index (χ1v) is 9.57. The monoisotopic (exact) mass is 427 g/mol. The summed E-state index contributed by atoms with van der Waals surface area (Å²) in [5.41, 5.74) is 2.85. The van der Waals surface area contributed by atoms with Crippen LogP contribution in [0.25, 0.3) is 0 Å². The number of fused-ring (bicyclic) bond motifs is 1. The highest BCUT2D eigenvalue weighted by Gasteiger charge is 2.33. The van der Waals surface area contributed by atoms with Crippen LogP contribution < -0.4 is 5.32 Å². The van der Waals surface area contributed by atoms with Crippen molar-refractivity contribution in [2.45, 2.75) is 12.7 Å². The number of esters is 2. The van der Waals surface area contributed by atoms with E-state index in [-0.39, 0.29) is 6.42 Å². The van der Waals surface area contributed by atoms with E-state index < -0.39 is 18.2 Å². The lowest BCUT2D eigenvalue weighted by molar-refractivity contribution is -0.166. The molecule has 4 rings (SSSR count). The first-order valence-electron chi connectivity index (χ1n) is 8.81. The van der Waals surface area contributed by atoms with Crippen molar-refractivity contribution in [1.82, 2.24) is 0 Å². The van der Waals surface area contributed by atoms with Crippen molar-refractivity contribution < 1.29 is 19.1 Å². The van der Waals surface area contributed by atoms with Crippen LogP contribution in [-0.4, -0.2) is 11.9 Å². The van der Waals surface area contributed by atoms with Gasteiger partial charge in [0, 0.05) is 11.3 Å². The zero-order valence-electron chi connectivity index (χ0n) is 15.0. The van der Waals surface area contributed by atoms with Crippen molar-refractivity contribution in [1.29, 1.82) is 0 Å². The Kier molecular flexibility index (Phi) is 5.43. The van der Waals surface area contributed by atoms with E-state index in [1.807, 2.05) is 18.2 Å². The number of hydrogen-bond donors (Lipinski definition) is 1. The van der Waals surface area contributed by atoms with Gasteiger partial charge in [0.25, 0.3) is 6.29 Å². The molecule has 1 heterocycles. The van der Waals surface area contributed by atoms with Gasteiger partial charge in [-0.2, -0.15) is 0 Å². The lowest BCUT2D eigenvalue weighted by Crippen LogP contribution is -2.14. The van der Waals surface area contributed by atoms with Crippen molar-refractivity contribution in [3.8, 4) is 0 Å². The fourth-order valence-corrected chi connectivity index (χ4v) is 3.56. The van der Waals surface area contributed by atoms with Gasteiger partial charge in [0.15, 0.2) is 0 Å². The number of ether oxygens (including phenoxy) is 2. The second-order valence-electron chi connectivity index (χ2n) is 6.37. The number of nitrogens with one attached hydrogen (secondary N) is 1. The first-order chi connectivity index (χ1) is 14.0. The van der Waals surface area contributed by atoms with Crippen LogP contribution in [0.3, 0.4) is 0 Å². The van der Waals surface area contributed by atoms with Gasteiger partial charge in [-0.05, 0) is 29.8 Å². The molecule has 1 atom stereocenters. The molecule has 0 radical (unpaired) electrons. The van der Waals surface area contributed by atoms with Gasteiger partial charge < -0.3 is 14.8 Å². The molecule has 0 aliphatic carbocycles. The SMILES string of the molecule is O=C(Cc1ccccc1Nc1c(Cl)cccc1Cl)OC1OC(=O)c2ccccc21. The van der Waals surface area contributed by atoms with Gasteiger partial charge in [0.1, 0.15) is 0 Å². The summed E-state index contributed by atoms with van der Waals surface area (Å²) < 4.78 is 10.6. The summed E-state index contributed by atoms with van der Waals surface area (Å²) in [5.74, 6) is -1.03. The van der Waals surface area contributed by atoms with Gasteiger partial charge in [-0.1, -0.05) is 65.7 Å². The molecule has 3 aromatic carbocycles. The number of carbonyl (C=O) groups excluding carboxylic acids is 2. The predicted octanol–water partition coefficient (Wildman–Crippen LogP) is 5.69. The molecule has 0 saturated carbocycles. The Morgan fingerprint density at radius 3 is 2.45 bits per heavy atom. The lowest BCUT2D eigenvalue weighted by Gasteiger charge is -2.15. The molecular formula is C22H15Cl2NO4. The van der Waals surface area contributed by atoms with E-state index in [1.165, 1.54) is 0 Å². The van der Waals surface area contributed by atoms with E-state index >= 15 is 0 Å². The summed E-state index contributed by atoms with van der Waals surface area (Å²) in [6, 6.07) is 19.3. The molecule has 1 unspecified atom stereocenters. The van der Waals surface area contributed by atoms with E-state index in [9.17, 15) is 9.59 Å². The second kappa shape index (κ2) is 8.15. The molecule has 5 nitrogen and oxygen atoms in total. The topological polar surface area (TPSA) is 64.6 Å². The van der Waals surface area contributed by atoms with Crippen LogP contribution in [0, 0.1) is 0 Å². The Morgan fingerprint density at radius 1 is 0.966 bits per heavy atom. The van der Waals surface area contributed by atoms with Crippen LogP contribution >= 0.6 is 23.2 Å². The number of halogens is 2. The maximum atomic E-state index is 12.5. The first kappa shape index (κ1) is 19.3. The number of cyclic esters (lactones) is 1. The van der Waals surface area contributed by atoms with Gasteiger partial charge in [0.05, 0.1) is 27.7 Å². The number of carbonyl (C=O) groups is 2. The number of benzene rings is 3. The average molecular weight is 428 g/mol. The molecule has 1 aliphatic rings. The second-order valence-corrected chi connectivity index (χ2v) is 7.18. The van der Waals surface area contributed by atoms with Crippen LogP contribution in [0.4, 0.5) is 11.4 Å². The normalized spacial score (nSPS) is 14.8. The van der Waals surface area contributed by atoms with E-state index in [0.717, 1.165) is 0 Å². The molecule has 3 aromatic rings. The van der Waals surface area contributed by atoms with Crippen LogP contribution in [0.15, 0.2) is 66.7 Å². The number of para-hydroxylation sites is 2. The third-order valence-corrected chi connectivity index (χ3v) is 5.09. The summed E-state index contributed by atoms with van der Waals surface area (Å²) in [7, 11) is 0. The minimum Gasteiger partial charge on any atom is -0.420 e. The van der Waals surface area contributed by atoms with Gasteiger partial charge in [0.2, 0.25) is 0 Å². The molecule has 0 amide bonds. The van der Waals surface area contributed by atoms with Gasteiger partial charge in [-0.3, -0.25) is 4.79 Å². The zero-order chi connectivity index (χ0) is 20.4. The standard InChI is InChI=1S/C22H15Cl2NO4/c23-16-9-5-10-17(24)20(16)25-18-11-4-1-6-13(18)12-19(26)28-22-15-8-3-2-7-14(15)21(27)29-22/h1-11,22,25H,12H2. The number of hydrogen-bond acceptors (Lipinski definition) is 5. The fourth-order valence-electron chi connectivity index (χ4n) is 3.07. The minimum absolute atomic E-state index is 0.0263. The van der Waals surface area contributed by atoms with Gasteiger partial charge >= 0.3 is 11.9 Å². The average Bonchev–Trinajstić information content (AvgIpc) is 3.02. The van der Waals surface area contributed by atoms with E-state index in [4.69, 9.17) is 32.7 Å². The Bertz CT molecular complexity index is 1080. The van der Waals surface area contributed by atoms with Gasteiger partial charge in [-0.25, -0.2) is 4.79 Å². The van der Waals surface area contributed by atoms with Crippen LogP contribution in [0.2, 0.25) is 10.0 Å². The molecule has 0 fully saturated rings. The van der Waals surface area contributed by atoms with Crippen molar-refractivity contribution in [3.63, 3.8) is 0 Å². The molecule has 29 heavy (non-hydrogen) atoms.